The average Bonchev–Trinajstić information content (AvgIpc) is 2.53. The topological polar surface area (TPSA) is 47.7 Å². The lowest BCUT2D eigenvalue weighted by Gasteiger charge is -2.31. The molecule has 4 heteroatoms. The Hall–Kier alpha value is -1.10. The number of ether oxygens (including phenoxy) is 2. The SMILES string of the molecule is CCOC1CCN(CCCOc2cccc(CN)c2)CC1. The van der Waals surface area contributed by atoms with E-state index in [1.54, 1.807) is 0 Å². The van der Waals surface area contributed by atoms with Gasteiger partial charge < -0.3 is 20.1 Å². The third kappa shape index (κ3) is 5.65. The molecule has 1 aliphatic rings. The lowest BCUT2D eigenvalue weighted by atomic mass is 10.1. The largest absolute Gasteiger partial charge is 0.494 e. The molecule has 4 nitrogen and oxygen atoms in total. The molecule has 0 atom stereocenters. The van der Waals surface area contributed by atoms with Crippen LogP contribution in [-0.2, 0) is 11.3 Å². The molecule has 1 aliphatic heterocycles. The first-order valence-electron chi connectivity index (χ1n) is 8.07. The molecule has 21 heavy (non-hydrogen) atoms. The first-order valence-corrected chi connectivity index (χ1v) is 8.07. The summed E-state index contributed by atoms with van der Waals surface area (Å²) < 4.78 is 11.5. The molecule has 0 aromatic heterocycles. The minimum Gasteiger partial charge on any atom is -0.494 e. The van der Waals surface area contributed by atoms with E-state index in [1.165, 1.54) is 0 Å². The second-order valence-electron chi connectivity index (χ2n) is 5.55. The fourth-order valence-electron chi connectivity index (χ4n) is 2.78. The van der Waals surface area contributed by atoms with Crippen molar-refractivity contribution in [2.75, 3.05) is 32.8 Å². The van der Waals surface area contributed by atoms with Crippen LogP contribution in [0.2, 0.25) is 0 Å². The van der Waals surface area contributed by atoms with Gasteiger partial charge in [-0.25, -0.2) is 0 Å². The highest BCUT2D eigenvalue weighted by atomic mass is 16.5. The van der Waals surface area contributed by atoms with Crippen molar-refractivity contribution in [2.45, 2.75) is 38.8 Å². The lowest BCUT2D eigenvalue weighted by Crippen LogP contribution is -2.37. The quantitative estimate of drug-likeness (QED) is 0.748. The number of hydrogen-bond acceptors (Lipinski definition) is 4. The van der Waals surface area contributed by atoms with Crippen molar-refractivity contribution in [1.82, 2.24) is 4.90 Å². The van der Waals surface area contributed by atoms with Crippen LogP contribution >= 0.6 is 0 Å². The van der Waals surface area contributed by atoms with Crippen LogP contribution in [0.1, 0.15) is 31.7 Å². The number of piperidine rings is 1. The second-order valence-corrected chi connectivity index (χ2v) is 5.55. The molecular formula is C17H28N2O2. The average molecular weight is 292 g/mol. The summed E-state index contributed by atoms with van der Waals surface area (Å²) in [5.41, 5.74) is 6.75. The van der Waals surface area contributed by atoms with E-state index in [1.807, 2.05) is 24.3 Å². The van der Waals surface area contributed by atoms with Gasteiger partial charge in [-0.2, -0.15) is 0 Å². The minimum absolute atomic E-state index is 0.474. The van der Waals surface area contributed by atoms with E-state index in [9.17, 15) is 0 Å². The number of nitrogens with two attached hydrogens (primary N) is 1. The summed E-state index contributed by atoms with van der Waals surface area (Å²) in [5.74, 6) is 0.924. The maximum absolute atomic E-state index is 5.79. The van der Waals surface area contributed by atoms with Gasteiger partial charge in [-0.3, -0.25) is 0 Å². The Bertz CT molecular complexity index is 404. The molecule has 0 bridgehead atoms. The van der Waals surface area contributed by atoms with Gasteiger partial charge in [0.2, 0.25) is 0 Å². The van der Waals surface area contributed by atoms with Crippen LogP contribution in [0, 0.1) is 0 Å². The van der Waals surface area contributed by atoms with E-state index in [4.69, 9.17) is 15.2 Å². The van der Waals surface area contributed by atoms with Crippen LogP contribution < -0.4 is 10.5 Å². The summed E-state index contributed by atoms with van der Waals surface area (Å²) >= 11 is 0. The molecule has 1 aromatic carbocycles. The number of benzene rings is 1. The summed E-state index contributed by atoms with van der Waals surface area (Å²) in [5, 5.41) is 0. The van der Waals surface area contributed by atoms with Gasteiger partial charge in [0, 0.05) is 32.8 Å². The predicted octanol–water partition coefficient (Wildman–Crippen LogP) is 2.42. The van der Waals surface area contributed by atoms with E-state index < -0.39 is 0 Å². The van der Waals surface area contributed by atoms with Crippen LogP contribution in [-0.4, -0.2) is 43.9 Å². The van der Waals surface area contributed by atoms with Crippen LogP contribution in [0.5, 0.6) is 5.75 Å². The lowest BCUT2D eigenvalue weighted by molar-refractivity contribution is 0.0135. The fraction of sp³-hybridized carbons (Fsp3) is 0.647. The standard InChI is InChI=1S/C17H28N2O2/c1-2-20-16-7-10-19(11-8-16)9-4-12-21-17-6-3-5-15(13-17)14-18/h3,5-6,13,16H,2,4,7-12,14,18H2,1H3. The molecule has 1 saturated heterocycles. The van der Waals surface area contributed by atoms with Gasteiger partial charge in [0.05, 0.1) is 12.7 Å². The van der Waals surface area contributed by atoms with Crippen LogP contribution in [0.15, 0.2) is 24.3 Å². The van der Waals surface area contributed by atoms with E-state index in [2.05, 4.69) is 11.8 Å². The van der Waals surface area contributed by atoms with Crippen LogP contribution in [0.25, 0.3) is 0 Å². The first-order chi connectivity index (χ1) is 10.3. The van der Waals surface area contributed by atoms with Crippen molar-refractivity contribution in [2.24, 2.45) is 5.73 Å². The zero-order valence-electron chi connectivity index (χ0n) is 13.1. The number of likely N-dealkylation sites (tertiary alicyclic amines) is 1. The Balaban J connectivity index is 1.60. The molecule has 1 heterocycles. The Kier molecular flexibility index (Phi) is 7.00. The van der Waals surface area contributed by atoms with Crippen molar-refractivity contribution in [3.8, 4) is 5.75 Å². The van der Waals surface area contributed by atoms with E-state index in [0.717, 1.165) is 63.4 Å². The van der Waals surface area contributed by atoms with Crippen molar-refractivity contribution < 1.29 is 9.47 Å². The van der Waals surface area contributed by atoms with Gasteiger partial charge in [0.1, 0.15) is 5.75 Å². The summed E-state index contributed by atoms with van der Waals surface area (Å²) in [4.78, 5) is 2.51. The normalized spacial score (nSPS) is 17.0. The molecule has 0 unspecified atom stereocenters. The maximum Gasteiger partial charge on any atom is 0.119 e. The summed E-state index contributed by atoms with van der Waals surface area (Å²) in [6.07, 6.45) is 3.86. The second kappa shape index (κ2) is 9.03. The van der Waals surface area contributed by atoms with Crippen LogP contribution in [0.4, 0.5) is 0 Å². The Morgan fingerprint density at radius 1 is 1.29 bits per heavy atom. The number of hydrogen-bond donors (Lipinski definition) is 1. The van der Waals surface area contributed by atoms with Crippen molar-refractivity contribution >= 4 is 0 Å². The smallest absolute Gasteiger partial charge is 0.119 e. The Morgan fingerprint density at radius 3 is 2.81 bits per heavy atom. The minimum atomic E-state index is 0.474. The van der Waals surface area contributed by atoms with Gasteiger partial charge in [0.15, 0.2) is 0 Å². The summed E-state index contributed by atoms with van der Waals surface area (Å²) in [6.45, 7) is 7.63. The highest BCUT2D eigenvalue weighted by Crippen LogP contribution is 2.15. The van der Waals surface area contributed by atoms with Crippen LogP contribution in [0.3, 0.4) is 0 Å². The van der Waals surface area contributed by atoms with Crippen molar-refractivity contribution in [1.29, 1.82) is 0 Å². The highest BCUT2D eigenvalue weighted by Gasteiger charge is 2.18. The Morgan fingerprint density at radius 2 is 2.10 bits per heavy atom. The molecule has 0 aliphatic carbocycles. The zero-order valence-corrected chi connectivity index (χ0v) is 13.1. The molecule has 1 aromatic rings. The van der Waals surface area contributed by atoms with Gasteiger partial charge in [0.25, 0.3) is 0 Å². The molecule has 0 spiro atoms. The third-order valence-electron chi connectivity index (χ3n) is 3.96. The van der Waals surface area contributed by atoms with Gasteiger partial charge in [-0.1, -0.05) is 12.1 Å². The van der Waals surface area contributed by atoms with Crippen molar-refractivity contribution in [3.05, 3.63) is 29.8 Å². The molecule has 118 valence electrons. The number of rotatable bonds is 8. The van der Waals surface area contributed by atoms with Gasteiger partial charge >= 0.3 is 0 Å². The molecule has 1 fully saturated rings. The molecule has 0 radical (unpaired) electrons. The monoisotopic (exact) mass is 292 g/mol. The molecular weight excluding hydrogens is 264 g/mol. The zero-order chi connectivity index (χ0) is 14.9. The van der Waals surface area contributed by atoms with E-state index >= 15 is 0 Å². The molecule has 0 amide bonds. The van der Waals surface area contributed by atoms with Gasteiger partial charge in [-0.05, 0) is 43.9 Å². The Labute approximate surface area is 128 Å². The third-order valence-corrected chi connectivity index (χ3v) is 3.96. The van der Waals surface area contributed by atoms with Crippen molar-refractivity contribution in [3.63, 3.8) is 0 Å². The molecule has 2 N–H and O–H groups in total. The maximum atomic E-state index is 5.79. The molecule has 2 rings (SSSR count). The van der Waals surface area contributed by atoms with E-state index in [-0.39, 0.29) is 0 Å². The highest BCUT2D eigenvalue weighted by molar-refractivity contribution is 5.28. The summed E-state index contributed by atoms with van der Waals surface area (Å²) in [6, 6.07) is 8.03. The van der Waals surface area contributed by atoms with Gasteiger partial charge in [-0.15, -0.1) is 0 Å². The first kappa shape index (κ1) is 16.3. The molecule has 0 saturated carbocycles. The predicted molar refractivity (Wildman–Crippen MR) is 85.5 cm³/mol. The summed E-state index contributed by atoms with van der Waals surface area (Å²) in [7, 11) is 0. The number of nitrogens with zero attached hydrogens (tertiary/aromatic N) is 1. The fourth-order valence-corrected chi connectivity index (χ4v) is 2.78. The van der Waals surface area contributed by atoms with E-state index in [0.29, 0.717) is 12.6 Å².